The molecule has 0 aliphatic rings. The highest BCUT2D eigenvalue weighted by Gasteiger charge is 2.67. The van der Waals surface area contributed by atoms with Gasteiger partial charge in [-0.3, -0.25) is 9.59 Å². The Hall–Kier alpha value is -1.63. The fourth-order valence-corrected chi connectivity index (χ4v) is 6.06. The number of carboxylic acid groups (broad SMARTS) is 3. The average Bonchev–Trinajstić information content (AvgIpc) is 2.87. The molecule has 0 aliphatic heterocycles. The van der Waals surface area contributed by atoms with E-state index in [0.717, 1.165) is 51.4 Å². The zero-order valence-corrected chi connectivity index (χ0v) is 24.4. The Morgan fingerprint density at radius 2 is 1.00 bits per heavy atom. The van der Waals surface area contributed by atoms with Crippen LogP contribution in [0.2, 0.25) is 0 Å². The van der Waals surface area contributed by atoms with Crippen LogP contribution in [0.4, 0.5) is 0 Å². The summed E-state index contributed by atoms with van der Waals surface area (Å²) in [6.45, 7) is 12.0. The lowest BCUT2D eigenvalue weighted by Crippen LogP contribution is -2.65. The van der Waals surface area contributed by atoms with E-state index in [1.807, 2.05) is 41.5 Å². The zero-order valence-electron chi connectivity index (χ0n) is 24.4. The molecular formula is C30H56O7. The Morgan fingerprint density at radius 3 is 1.27 bits per heavy atom. The van der Waals surface area contributed by atoms with Gasteiger partial charge in [-0.15, -0.1) is 0 Å². The minimum Gasteiger partial charge on any atom is -0.481 e. The van der Waals surface area contributed by atoms with Crippen LogP contribution in [0.1, 0.15) is 138 Å². The normalized spacial score (nSPS) is 18.2. The van der Waals surface area contributed by atoms with Crippen LogP contribution in [0.5, 0.6) is 0 Å². The van der Waals surface area contributed by atoms with Gasteiger partial charge in [-0.05, 0) is 37.0 Å². The van der Waals surface area contributed by atoms with Crippen molar-refractivity contribution in [1.82, 2.24) is 0 Å². The first kappa shape index (κ1) is 35.4. The van der Waals surface area contributed by atoms with Crippen LogP contribution >= 0.6 is 0 Å². The van der Waals surface area contributed by atoms with Gasteiger partial charge < -0.3 is 20.4 Å². The van der Waals surface area contributed by atoms with Crippen LogP contribution in [0.25, 0.3) is 0 Å². The topological polar surface area (TPSA) is 132 Å². The lowest BCUT2D eigenvalue weighted by Gasteiger charge is -2.48. The second kappa shape index (κ2) is 17.8. The van der Waals surface area contributed by atoms with E-state index in [1.54, 1.807) is 0 Å². The molecule has 0 heterocycles. The maximum atomic E-state index is 13.3. The number of hydrogen-bond acceptors (Lipinski definition) is 4. The second-order valence-electron chi connectivity index (χ2n) is 11.2. The molecule has 0 fully saturated rings. The molecule has 0 aliphatic carbocycles. The van der Waals surface area contributed by atoms with Gasteiger partial charge in [0.2, 0.25) is 0 Å². The highest BCUT2D eigenvalue weighted by Crippen LogP contribution is 2.51. The summed E-state index contributed by atoms with van der Waals surface area (Å²) in [5.74, 6) is -6.63. The molecule has 0 amide bonds. The molecule has 0 aromatic carbocycles. The molecule has 5 unspecified atom stereocenters. The van der Waals surface area contributed by atoms with Gasteiger partial charge in [-0.25, -0.2) is 4.79 Å². The number of carbonyl (C=O) groups is 3. The molecule has 5 atom stereocenters. The molecule has 4 N–H and O–H groups in total. The predicted octanol–water partition coefficient (Wildman–Crippen LogP) is 7.39. The average molecular weight is 529 g/mol. The molecule has 7 heteroatoms. The van der Waals surface area contributed by atoms with E-state index < -0.39 is 34.8 Å². The minimum absolute atomic E-state index is 0.0419. The lowest BCUT2D eigenvalue weighted by molar-refractivity contribution is -0.211. The van der Waals surface area contributed by atoms with Gasteiger partial charge in [0.1, 0.15) is 5.41 Å². The summed E-state index contributed by atoms with van der Waals surface area (Å²) < 4.78 is 0. The maximum absolute atomic E-state index is 13.3. The molecule has 0 aromatic rings. The fraction of sp³-hybridized carbons (Fsp3) is 0.900. The van der Waals surface area contributed by atoms with Gasteiger partial charge >= 0.3 is 17.9 Å². The van der Waals surface area contributed by atoms with Crippen LogP contribution in [-0.4, -0.2) is 43.9 Å². The summed E-state index contributed by atoms with van der Waals surface area (Å²) in [7, 11) is 0. The summed E-state index contributed by atoms with van der Waals surface area (Å²) in [4.78, 5) is 38.9. The summed E-state index contributed by atoms with van der Waals surface area (Å²) in [5.41, 5.74) is -5.03. The minimum atomic E-state index is -2.93. The monoisotopic (exact) mass is 528 g/mol. The molecule has 0 saturated heterocycles. The van der Waals surface area contributed by atoms with Gasteiger partial charge in [0, 0.05) is 0 Å². The highest BCUT2D eigenvalue weighted by atomic mass is 16.4. The Balaban J connectivity index is 7.05. The summed E-state index contributed by atoms with van der Waals surface area (Å²) in [6, 6.07) is 0. The first-order valence-electron chi connectivity index (χ1n) is 14.9. The Bertz CT molecular complexity index is 659. The first-order chi connectivity index (χ1) is 17.4. The largest absolute Gasteiger partial charge is 0.481 e. The Kier molecular flexibility index (Phi) is 17.0. The van der Waals surface area contributed by atoms with Crippen LogP contribution in [0.3, 0.4) is 0 Å². The van der Waals surface area contributed by atoms with Crippen LogP contribution in [-0.2, 0) is 14.4 Å². The third kappa shape index (κ3) is 9.56. The van der Waals surface area contributed by atoms with Crippen LogP contribution in [0.15, 0.2) is 0 Å². The molecule has 0 spiro atoms. The molecule has 0 radical (unpaired) electrons. The number of aliphatic carboxylic acids is 3. The standard InChI is InChI=1S/C30H56O7/c1-7-13-16-22(10-4)19-25(26(31)32)30(37,28(35)36)29(27(33)34,20-23(11-5)17-14-8-2)21-24(12-6)18-15-9-3/h22-25,37H,7-21H2,1-6H3,(H,31,32)(H,33,34)(H,35,36). The number of hydrogen-bond donors (Lipinski definition) is 4. The van der Waals surface area contributed by atoms with Crippen molar-refractivity contribution in [2.45, 2.75) is 143 Å². The van der Waals surface area contributed by atoms with Crippen molar-refractivity contribution in [2.75, 3.05) is 0 Å². The fourth-order valence-electron chi connectivity index (χ4n) is 6.06. The van der Waals surface area contributed by atoms with E-state index in [9.17, 15) is 34.8 Å². The first-order valence-corrected chi connectivity index (χ1v) is 14.9. The third-order valence-electron chi connectivity index (χ3n) is 8.74. The zero-order chi connectivity index (χ0) is 28.6. The Labute approximate surface area is 225 Å². The van der Waals surface area contributed by atoms with Crippen LogP contribution < -0.4 is 0 Å². The van der Waals surface area contributed by atoms with E-state index in [2.05, 4.69) is 0 Å². The van der Waals surface area contributed by atoms with Gasteiger partial charge in [-0.2, -0.15) is 0 Å². The molecule has 0 saturated carbocycles. The summed E-state index contributed by atoms with van der Waals surface area (Å²) in [6.07, 6.45) is 9.29. The number of carboxylic acids is 3. The molecule has 0 bridgehead atoms. The van der Waals surface area contributed by atoms with Gasteiger partial charge in [0.15, 0.2) is 5.60 Å². The van der Waals surface area contributed by atoms with Gasteiger partial charge in [-0.1, -0.05) is 119 Å². The molecule has 218 valence electrons. The molecule has 0 rings (SSSR count). The predicted molar refractivity (Wildman–Crippen MR) is 148 cm³/mol. The highest BCUT2D eigenvalue weighted by molar-refractivity contribution is 5.93. The molecule has 7 nitrogen and oxygen atoms in total. The maximum Gasteiger partial charge on any atom is 0.337 e. The van der Waals surface area contributed by atoms with E-state index in [1.165, 1.54) is 0 Å². The third-order valence-corrected chi connectivity index (χ3v) is 8.74. The summed E-state index contributed by atoms with van der Waals surface area (Å²) in [5, 5.41) is 43.8. The molecular weight excluding hydrogens is 472 g/mol. The van der Waals surface area contributed by atoms with Crippen molar-refractivity contribution in [3.05, 3.63) is 0 Å². The SMILES string of the molecule is CCCCC(CC)CC(C(=O)O)C(O)(C(=O)O)C(CC(CC)CCCC)(CC(CC)CCCC)C(=O)O. The smallest absolute Gasteiger partial charge is 0.337 e. The molecule has 37 heavy (non-hydrogen) atoms. The molecule has 0 aromatic heterocycles. The number of aliphatic hydroxyl groups is 1. The van der Waals surface area contributed by atoms with Crippen LogP contribution in [0, 0.1) is 29.1 Å². The number of rotatable bonds is 23. The van der Waals surface area contributed by atoms with E-state index in [0.29, 0.717) is 25.7 Å². The summed E-state index contributed by atoms with van der Waals surface area (Å²) >= 11 is 0. The second-order valence-corrected chi connectivity index (χ2v) is 11.2. The van der Waals surface area contributed by atoms with E-state index >= 15 is 0 Å². The lowest BCUT2D eigenvalue weighted by atomic mass is 9.56. The van der Waals surface area contributed by atoms with Gasteiger partial charge in [0.05, 0.1) is 5.92 Å². The van der Waals surface area contributed by atoms with Crippen molar-refractivity contribution >= 4 is 17.9 Å². The van der Waals surface area contributed by atoms with Crippen molar-refractivity contribution < 1.29 is 34.8 Å². The van der Waals surface area contributed by atoms with Gasteiger partial charge in [0.25, 0.3) is 0 Å². The van der Waals surface area contributed by atoms with Crippen molar-refractivity contribution in [3.8, 4) is 0 Å². The van der Waals surface area contributed by atoms with E-state index in [4.69, 9.17) is 0 Å². The van der Waals surface area contributed by atoms with Crippen molar-refractivity contribution in [3.63, 3.8) is 0 Å². The Morgan fingerprint density at radius 1 is 0.622 bits per heavy atom. The number of unbranched alkanes of at least 4 members (excludes halogenated alkanes) is 3. The van der Waals surface area contributed by atoms with E-state index in [-0.39, 0.29) is 37.0 Å². The van der Waals surface area contributed by atoms with Crippen molar-refractivity contribution in [2.24, 2.45) is 29.1 Å². The van der Waals surface area contributed by atoms with Crippen molar-refractivity contribution in [1.29, 1.82) is 0 Å². The quantitative estimate of drug-likeness (QED) is 0.109.